The smallest absolute Gasteiger partial charge is 0.276 e. The standard InChI is InChI=1S/C20H18N4OS2/c1-11-4-6-14(13(3)8-11)21-19-23-16(10-26-19)18(25)24-20-22-15-7-5-12(2)9-17(15)27-20/h4-10H,1-3H3,(H,21,23)(H,22,24,25). The molecule has 5 nitrogen and oxygen atoms in total. The van der Waals surface area contributed by atoms with Gasteiger partial charge in [-0.25, -0.2) is 9.97 Å². The number of carbonyl (C=O) groups excluding carboxylic acids is 1. The molecule has 2 aromatic heterocycles. The molecule has 0 spiro atoms. The van der Waals surface area contributed by atoms with E-state index in [0.29, 0.717) is 16.0 Å². The van der Waals surface area contributed by atoms with Crippen molar-refractivity contribution in [2.24, 2.45) is 0 Å². The molecule has 0 fully saturated rings. The first-order valence-corrected chi connectivity index (χ1v) is 10.2. The van der Waals surface area contributed by atoms with E-state index < -0.39 is 0 Å². The number of nitrogens with one attached hydrogen (secondary N) is 2. The first-order valence-electron chi connectivity index (χ1n) is 8.46. The van der Waals surface area contributed by atoms with Gasteiger partial charge in [0.1, 0.15) is 5.69 Å². The van der Waals surface area contributed by atoms with Crippen LogP contribution in [0.3, 0.4) is 0 Å². The van der Waals surface area contributed by atoms with Gasteiger partial charge in [-0.05, 0) is 50.1 Å². The van der Waals surface area contributed by atoms with E-state index >= 15 is 0 Å². The number of hydrogen-bond donors (Lipinski definition) is 2. The second-order valence-corrected chi connectivity index (χ2v) is 8.31. The molecule has 27 heavy (non-hydrogen) atoms. The Kier molecular flexibility index (Phi) is 4.63. The third kappa shape index (κ3) is 3.84. The number of thiazole rings is 2. The van der Waals surface area contributed by atoms with Crippen LogP contribution in [-0.4, -0.2) is 15.9 Å². The number of anilines is 3. The van der Waals surface area contributed by atoms with Crippen LogP contribution in [0.1, 0.15) is 27.2 Å². The molecule has 2 N–H and O–H groups in total. The predicted molar refractivity (Wildman–Crippen MR) is 114 cm³/mol. The fourth-order valence-electron chi connectivity index (χ4n) is 2.75. The molecule has 4 rings (SSSR count). The van der Waals surface area contributed by atoms with E-state index in [1.54, 1.807) is 5.38 Å². The summed E-state index contributed by atoms with van der Waals surface area (Å²) in [5.74, 6) is -0.254. The average Bonchev–Trinajstić information content (AvgIpc) is 3.23. The number of nitrogens with zero attached hydrogens (tertiary/aromatic N) is 2. The fourth-order valence-corrected chi connectivity index (χ4v) is 4.41. The maximum absolute atomic E-state index is 12.5. The third-order valence-corrected chi connectivity index (χ3v) is 5.82. The summed E-state index contributed by atoms with van der Waals surface area (Å²) in [6, 6.07) is 12.2. The zero-order valence-electron chi connectivity index (χ0n) is 15.2. The summed E-state index contributed by atoms with van der Waals surface area (Å²) in [7, 11) is 0. The van der Waals surface area contributed by atoms with Crippen LogP contribution in [0.4, 0.5) is 16.0 Å². The van der Waals surface area contributed by atoms with Gasteiger partial charge in [-0.2, -0.15) is 0 Å². The van der Waals surface area contributed by atoms with Crippen LogP contribution in [-0.2, 0) is 0 Å². The summed E-state index contributed by atoms with van der Waals surface area (Å²) in [6.45, 7) is 6.15. The van der Waals surface area contributed by atoms with E-state index in [2.05, 4.69) is 39.7 Å². The Balaban J connectivity index is 1.49. The highest BCUT2D eigenvalue weighted by Gasteiger charge is 2.14. The molecule has 0 aliphatic heterocycles. The minimum absolute atomic E-state index is 0.254. The average molecular weight is 395 g/mol. The Hall–Kier alpha value is -2.77. The normalized spacial score (nSPS) is 10.9. The predicted octanol–water partition coefficient (Wildman–Crippen LogP) is 5.67. The van der Waals surface area contributed by atoms with Gasteiger partial charge in [0.2, 0.25) is 0 Å². The van der Waals surface area contributed by atoms with Crippen molar-refractivity contribution in [1.29, 1.82) is 0 Å². The van der Waals surface area contributed by atoms with E-state index in [4.69, 9.17) is 0 Å². The van der Waals surface area contributed by atoms with Crippen molar-refractivity contribution in [2.45, 2.75) is 20.8 Å². The van der Waals surface area contributed by atoms with Crippen LogP contribution in [0.5, 0.6) is 0 Å². The molecule has 1 amide bonds. The number of fused-ring (bicyclic) bond motifs is 1. The van der Waals surface area contributed by atoms with Gasteiger partial charge in [0.15, 0.2) is 10.3 Å². The number of carbonyl (C=O) groups is 1. The summed E-state index contributed by atoms with van der Waals surface area (Å²) < 4.78 is 1.06. The molecule has 2 heterocycles. The lowest BCUT2D eigenvalue weighted by Crippen LogP contribution is -2.12. The lowest BCUT2D eigenvalue weighted by molar-refractivity contribution is 0.102. The lowest BCUT2D eigenvalue weighted by Gasteiger charge is -2.07. The molecule has 0 saturated heterocycles. The summed E-state index contributed by atoms with van der Waals surface area (Å²) in [5, 5.41) is 9.15. The van der Waals surface area contributed by atoms with Crippen molar-refractivity contribution in [3.8, 4) is 0 Å². The van der Waals surface area contributed by atoms with Gasteiger partial charge in [-0.1, -0.05) is 35.1 Å². The van der Waals surface area contributed by atoms with Gasteiger partial charge in [0.05, 0.1) is 10.2 Å². The van der Waals surface area contributed by atoms with Crippen LogP contribution < -0.4 is 10.6 Å². The second-order valence-electron chi connectivity index (χ2n) is 6.43. The topological polar surface area (TPSA) is 66.9 Å². The van der Waals surface area contributed by atoms with Gasteiger partial charge in [0.25, 0.3) is 5.91 Å². The molecule has 0 bridgehead atoms. The fraction of sp³-hybridized carbons (Fsp3) is 0.150. The highest BCUT2D eigenvalue weighted by molar-refractivity contribution is 7.22. The molecule has 2 aromatic carbocycles. The van der Waals surface area contributed by atoms with Gasteiger partial charge in [-0.3, -0.25) is 10.1 Å². The third-order valence-electron chi connectivity index (χ3n) is 4.12. The van der Waals surface area contributed by atoms with Crippen molar-refractivity contribution in [2.75, 3.05) is 10.6 Å². The molecular weight excluding hydrogens is 376 g/mol. The first-order chi connectivity index (χ1) is 13.0. The Bertz CT molecular complexity index is 1150. The SMILES string of the molecule is Cc1ccc(Nc2nc(C(=O)Nc3nc4ccc(C)cc4s3)cs2)c(C)c1. The zero-order valence-corrected chi connectivity index (χ0v) is 16.8. The molecule has 136 valence electrons. The first kappa shape index (κ1) is 17.6. The minimum Gasteiger partial charge on any atom is -0.331 e. The Labute approximate surface area is 165 Å². The molecule has 0 atom stereocenters. The molecule has 0 radical (unpaired) electrons. The number of aromatic nitrogens is 2. The summed E-state index contributed by atoms with van der Waals surface area (Å²) in [6.07, 6.45) is 0. The molecule has 7 heteroatoms. The monoisotopic (exact) mass is 394 g/mol. The van der Waals surface area contributed by atoms with Gasteiger partial charge >= 0.3 is 0 Å². The Morgan fingerprint density at radius 1 is 0.963 bits per heavy atom. The minimum atomic E-state index is -0.254. The number of rotatable bonds is 4. The molecule has 4 aromatic rings. The van der Waals surface area contributed by atoms with Crippen molar-refractivity contribution >= 4 is 54.7 Å². The Morgan fingerprint density at radius 2 is 1.74 bits per heavy atom. The van der Waals surface area contributed by atoms with Crippen molar-refractivity contribution in [3.05, 3.63) is 64.2 Å². The number of aryl methyl sites for hydroxylation is 3. The van der Waals surface area contributed by atoms with Crippen LogP contribution in [0, 0.1) is 20.8 Å². The van der Waals surface area contributed by atoms with Crippen LogP contribution >= 0.6 is 22.7 Å². The summed E-state index contributed by atoms with van der Waals surface area (Å²) in [4.78, 5) is 21.4. The number of benzene rings is 2. The van der Waals surface area contributed by atoms with Crippen molar-refractivity contribution in [3.63, 3.8) is 0 Å². The van der Waals surface area contributed by atoms with Gasteiger partial charge < -0.3 is 5.32 Å². The summed E-state index contributed by atoms with van der Waals surface area (Å²) in [5.41, 5.74) is 5.78. The molecule has 0 aliphatic rings. The van der Waals surface area contributed by atoms with E-state index in [0.717, 1.165) is 21.5 Å². The van der Waals surface area contributed by atoms with E-state index in [-0.39, 0.29) is 5.91 Å². The van der Waals surface area contributed by atoms with Crippen molar-refractivity contribution in [1.82, 2.24) is 9.97 Å². The quantitative estimate of drug-likeness (QED) is 0.468. The summed E-state index contributed by atoms with van der Waals surface area (Å²) >= 11 is 2.87. The second kappa shape index (κ2) is 7.09. The van der Waals surface area contributed by atoms with Crippen LogP contribution in [0.25, 0.3) is 10.2 Å². The molecular formula is C20H18N4OS2. The molecule has 0 saturated carbocycles. The highest BCUT2D eigenvalue weighted by atomic mass is 32.1. The maximum Gasteiger partial charge on any atom is 0.276 e. The van der Waals surface area contributed by atoms with Crippen molar-refractivity contribution < 1.29 is 4.79 Å². The van der Waals surface area contributed by atoms with Gasteiger partial charge in [-0.15, -0.1) is 11.3 Å². The highest BCUT2D eigenvalue weighted by Crippen LogP contribution is 2.28. The maximum atomic E-state index is 12.5. The van der Waals surface area contributed by atoms with Crippen LogP contribution in [0.2, 0.25) is 0 Å². The van der Waals surface area contributed by atoms with E-state index in [9.17, 15) is 4.79 Å². The lowest BCUT2D eigenvalue weighted by atomic mass is 10.1. The number of hydrogen-bond acceptors (Lipinski definition) is 6. The van der Waals surface area contributed by atoms with E-state index in [1.807, 2.05) is 38.1 Å². The Morgan fingerprint density at radius 3 is 2.56 bits per heavy atom. The van der Waals surface area contributed by atoms with E-state index in [1.165, 1.54) is 33.8 Å². The number of amides is 1. The largest absolute Gasteiger partial charge is 0.331 e. The van der Waals surface area contributed by atoms with Gasteiger partial charge in [0, 0.05) is 11.1 Å². The molecule has 0 unspecified atom stereocenters. The zero-order chi connectivity index (χ0) is 19.0. The molecule has 0 aliphatic carbocycles. The van der Waals surface area contributed by atoms with Crippen LogP contribution in [0.15, 0.2) is 41.8 Å².